The van der Waals surface area contributed by atoms with Gasteiger partial charge in [0.25, 0.3) is 0 Å². The Hall–Kier alpha value is -2.37. The molecule has 2 aromatic rings. The number of piperidine rings is 1. The summed E-state index contributed by atoms with van der Waals surface area (Å²) in [5.41, 5.74) is 3.68. The highest BCUT2D eigenvalue weighted by molar-refractivity contribution is 5.66. The summed E-state index contributed by atoms with van der Waals surface area (Å²) < 4.78 is 11.7. The van der Waals surface area contributed by atoms with Crippen molar-refractivity contribution in [3.63, 3.8) is 0 Å². The summed E-state index contributed by atoms with van der Waals surface area (Å²) in [6, 6.07) is 16.7. The van der Waals surface area contributed by atoms with E-state index in [4.69, 9.17) is 14.6 Å². The predicted octanol–water partition coefficient (Wildman–Crippen LogP) is 4.50. The molecule has 0 saturated carbocycles. The second-order valence-electron chi connectivity index (χ2n) is 7.86. The molecule has 1 aliphatic rings. The number of hydrogen-bond acceptors (Lipinski definition) is 4. The molecule has 5 nitrogen and oxygen atoms in total. The molecule has 162 valence electrons. The van der Waals surface area contributed by atoms with Gasteiger partial charge in [0.05, 0.1) is 19.6 Å². The SMILES string of the molecule is CCN1CCC(c2cc(CCOCCC(=O)O)ccc2OCc2ccccc2)CC1. The Morgan fingerprint density at radius 2 is 1.83 bits per heavy atom. The Kier molecular flexibility index (Phi) is 8.72. The van der Waals surface area contributed by atoms with Crippen LogP contribution in [0.3, 0.4) is 0 Å². The standard InChI is InChI=1S/C25H33NO4/c1-2-26-14-10-22(11-15-26)23-18-20(12-16-29-17-13-25(27)28)8-9-24(23)30-19-21-6-4-3-5-7-21/h3-9,18,22H,2,10-17,19H2,1H3,(H,27,28). The molecule has 0 bridgehead atoms. The predicted molar refractivity (Wildman–Crippen MR) is 118 cm³/mol. The maximum absolute atomic E-state index is 10.6. The second kappa shape index (κ2) is 11.7. The minimum Gasteiger partial charge on any atom is -0.489 e. The molecule has 0 aromatic heterocycles. The second-order valence-corrected chi connectivity index (χ2v) is 7.86. The fourth-order valence-electron chi connectivity index (χ4n) is 3.95. The lowest BCUT2D eigenvalue weighted by Crippen LogP contribution is -2.32. The number of rotatable bonds is 11. The van der Waals surface area contributed by atoms with E-state index < -0.39 is 5.97 Å². The lowest BCUT2D eigenvalue weighted by Gasteiger charge is -2.32. The maximum atomic E-state index is 10.6. The van der Waals surface area contributed by atoms with Crippen molar-refractivity contribution in [3.8, 4) is 5.75 Å². The molecule has 2 aromatic carbocycles. The van der Waals surface area contributed by atoms with Gasteiger partial charge in [0.1, 0.15) is 12.4 Å². The van der Waals surface area contributed by atoms with Gasteiger partial charge in [-0.05, 0) is 67.6 Å². The number of likely N-dealkylation sites (tertiary alicyclic amines) is 1. The molecule has 0 amide bonds. The first-order valence-electron chi connectivity index (χ1n) is 11.0. The molecule has 1 saturated heterocycles. The van der Waals surface area contributed by atoms with Crippen molar-refractivity contribution in [2.24, 2.45) is 0 Å². The van der Waals surface area contributed by atoms with Crippen LogP contribution in [0.25, 0.3) is 0 Å². The van der Waals surface area contributed by atoms with Gasteiger partial charge in [-0.3, -0.25) is 4.79 Å². The zero-order valence-corrected chi connectivity index (χ0v) is 17.9. The summed E-state index contributed by atoms with van der Waals surface area (Å²) in [7, 11) is 0. The van der Waals surface area contributed by atoms with Crippen molar-refractivity contribution in [2.75, 3.05) is 32.8 Å². The van der Waals surface area contributed by atoms with E-state index >= 15 is 0 Å². The molecule has 0 unspecified atom stereocenters. The quantitative estimate of drug-likeness (QED) is 0.552. The van der Waals surface area contributed by atoms with Crippen LogP contribution in [0.1, 0.15) is 48.8 Å². The largest absolute Gasteiger partial charge is 0.489 e. The molecule has 1 N–H and O–H groups in total. The Morgan fingerprint density at radius 3 is 2.53 bits per heavy atom. The highest BCUT2D eigenvalue weighted by Crippen LogP contribution is 2.35. The number of carboxylic acids is 1. The molecule has 30 heavy (non-hydrogen) atoms. The third-order valence-corrected chi connectivity index (χ3v) is 5.78. The Labute approximate surface area is 179 Å². The van der Waals surface area contributed by atoms with E-state index in [0.717, 1.165) is 44.6 Å². The van der Waals surface area contributed by atoms with Crippen LogP contribution in [0, 0.1) is 0 Å². The average molecular weight is 412 g/mol. The van der Waals surface area contributed by atoms with Gasteiger partial charge in [-0.2, -0.15) is 0 Å². The van der Waals surface area contributed by atoms with Crippen LogP contribution in [0.2, 0.25) is 0 Å². The highest BCUT2D eigenvalue weighted by atomic mass is 16.5. The van der Waals surface area contributed by atoms with Crippen molar-refractivity contribution in [1.82, 2.24) is 4.90 Å². The zero-order chi connectivity index (χ0) is 21.2. The third-order valence-electron chi connectivity index (χ3n) is 5.78. The van der Waals surface area contributed by atoms with E-state index in [-0.39, 0.29) is 13.0 Å². The first-order chi connectivity index (χ1) is 14.7. The maximum Gasteiger partial charge on any atom is 0.305 e. The number of nitrogens with zero attached hydrogens (tertiary/aromatic N) is 1. The Morgan fingerprint density at radius 1 is 1.07 bits per heavy atom. The minimum absolute atomic E-state index is 0.0491. The van der Waals surface area contributed by atoms with Gasteiger partial charge >= 0.3 is 5.97 Å². The van der Waals surface area contributed by atoms with Gasteiger partial charge in [-0.15, -0.1) is 0 Å². The normalized spacial score (nSPS) is 15.2. The summed E-state index contributed by atoms with van der Waals surface area (Å²) in [5, 5.41) is 8.71. The Balaban J connectivity index is 1.66. The molecular weight excluding hydrogens is 378 g/mol. The average Bonchev–Trinajstić information content (AvgIpc) is 2.78. The van der Waals surface area contributed by atoms with Gasteiger partial charge in [-0.25, -0.2) is 0 Å². The van der Waals surface area contributed by atoms with Crippen LogP contribution in [0.5, 0.6) is 5.75 Å². The highest BCUT2D eigenvalue weighted by Gasteiger charge is 2.23. The molecule has 0 radical (unpaired) electrons. The van der Waals surface area contributed by atoms with Crippen molar-refractivity contribution in [1.29, 1.82) is 0 Å². The zero-order valence-electron chi connectivity index (χ0n) is 17.9. The number of aliphatic carboxylic acids is 1. The molecule has 3 rings (SSSR count). The fraction of sp³-hybridized carbons (Fsp3) is 0.480. The molecule has 5 heteroatoms. The van der Waals surface area contributed by atoms with Crippen molar-refractivity contribution < 1.29 is 19.4 Å². The van der Waals surface area contributed by atoms with Crippen LogP contribution >= 0.6 is 0 Å². The van der Waals surface area contributed by atoms with Crippen LogP contribution in [0.4, 0.5) is 0 Å². The smallest absolute Gasteiger partial charge is 0.305 e. The minimum atomic E-state index is -0.823. The summed E-state index contributed by atoms with van der Waals surface area (Å²) in [6.07, 6.45) is 3.12. The van der Waals surface area contributed by atoms with E-state index in [1.54, 1.807) is 0 Å². The lowest BCUT2D eigenvalue weighted by molar-refractivity contribution is -0.138. The van der Waals surface area contributed by atoms with Gasteiger partial charge in [0.15, 0.2) is 0 Å². The molecule has 0 aliphatic carbocycles. The molecule has 1 heterocycles. The molecular formula is C25H33NO4. The van der Waals surface area contributed by atoms with E-state index in [1.807, 2.05) is 18.2 Å². The monoisotopic (exact) mass is 411 g/mol. The van der Waals surface area contributed by atoms with Gasteiger partial charge in [0, 0.05) is 0 Å². The van der Waals surface area contributed by atoms with Crippen molar-refractivity contribution in [3.05, 3.63) is 65.2 Å². The van der Waals surface area contributed by atoms with Gasteiger partial charge in [-0.1, -0.05) is 49.4 Å². The number of carboxylic acid groups (broad SMARTS) is 1. The molecule has 0 atom stereocenters. The van der Waals surface area contributed by atoms with E-state index in [9.17, 15) is 4.79 Å². The van der Waals surface area contributed by atoms with Crippen LogP contribution < -0.4 is 4.74 Å². The van der Waals surface area contributed by atoms with Gasteiger partial charge in [0.2, 0.25) is 0 Å². The first-order valence-corrected chi connectivity index (χ1v) is 11.0. The summed E-state index contributed by atoms with van der Waals surface area (Å²) in [5.74, 6) is 0.659. The molecule has 1 aliphatic heterocycles. The third kappa shape index (κ3) is 6.85. The topological polar surface area (TPSA) is 59.0 Å². The Bertz CT molecular complexity index is 785. The number of carbonyl (C=O) groups is 1. The first kappa shape index (κ1) is 22.3. The van der Waals surface area contributed by atoms with Crippen LogP contribution in [-0.2, 0) is 22.6 Å². The van der Waals surface area contributed by atoms with Crippen molar-refractivity contribution in [2.45, 2.75) is 45.1 Å². The number of ether oxygens (including phenoxy) is 2. The van der Waals surface area contributed by atoms with Crippen molar-refractivity contribution >= 4 is 5.97 Å². The lowest BCUT2D eigenvalue weighted by atomic mass is 9.87. The number of benzene rings is 2. The molecule has 1 fully saturated rings. The summed E-state index contributed by atoms with van der Waals surface area (Å²) in [6.45, 7) is 6.95. The molecule has 0 spiro atoms. The van der Waals surface area contributed by atoms with Crippen LogP contribution in [-0.4, -0.2) is 48.8 Å². The number of hydrogen-bond donors (Lipinski definition) is 1. The van der Waals surface area contributed by atoms with E-state index in [1.165, 1.54) is 16.7 Å². The van der Waals surface area contributed by atoms with Crippen LogP contribution in [0.15, 0.2) is 48.5 Å². The van der Waals surface area contributed by atoms with E-state index in [2.05, 4.69) is 42.2 Å². The summed E-state index contributed by atoms with van der Waals surface area (Å²) in [4.78, 5) is 13.1. The van der Waals surface area contributed by atoms with E-state index in [0.29, 0.717) is 19.1 Å². The fourth-order valence-corrected chi connectivity index (χ4v) is 3.95. The van der Waals surface area contributed by atoms with Gasteiger partial charge < -0.3 is 19.5 Å². The summed E-state index contributed by atoms with van der Waals surface area (Å²) >= 11 is 0.